The zero-order valence-electron chi connectivity index (χ0n) is 20.0. The molecule has 0 aliphatic carbocycles. The van der Waals surface area contributed by atoms with Gasteiger partial charge in [0.1, 0.15) is 5.69 Å². The summed E-state index contributed by atoms with van der Waals surface area (Å²) in [5, 5.41) is 1.97. The zero-order valence-corrected chi connectivity index (χ0v) is 20.9. The molecule has 0 fully saturated rings. The average Bonchev–Trinajstić information content (AvgIpc) is 3.28. The van der Waals surface area contributed by atoms with Crippen LogP contribution in [0.4, 0.5) is 11.8 Å². The molecule has 1 unspecified atom stereocenters. The highest BCUT2D eigenvalue weighted by Gasteiger charge is 2.49. The van der Waals surface area contributed by atoms with Crippen LogP contribution in [-0.2, 0) is 16.6 Å². The van der Waals surface area contributed by atoms with E-state index in [0.717, 1.165) is 24.1 Å². The monoisotopic (exact) mass is 500 g/mol. The van der Waals surface area contributed by atoms with Crippen LogP contribution in [0.2, 0.25) is 0 Å². The second kappa shape index (κ2) is 9.99. The Morgan fingerprint density at radius 1 is 0.889 bits per heavy atom. The van der Waals surface area contributed by atoms with Gasteiger partial charge in [0.15, 0.2) is 11.1 Å². The van der Waals surface area contributed by atoms with Crippen LogP contribution in [0.5, 0.6) is 0 Å². The first kappa shape index (κ1) is 23.8. The number of anilines is 2. The van der Waals surface area contributed by atoms with Gasteiger partial charge in [-0.1, -0.05) is 92.2 Å². The molecule has 2 heterocycles. The molecule has 184 valence electrons. The number of nitrogens with one attached hydrogen (secondary N) is 1. The summed E-state index contributed by atoms with van der Waals surface area (Å²) in [6.07, 6.45) is 1.90. The Bertz CT molecular complexity index is 1450. The zero-order chi connectivity index (χ0) is 25.1. The fourth-order valence-corrected chi connectivity index (χ4v) is 6.33. The van der Waals surface area contributed by atoms with E-state index in [2.05, 4.69) is 12.2 Å². The van der Waals surface area contributed by atoms with Gasteiger partial charge in [-0.25, -0.2) is 12.7 Å². The third kappa shape index (κ3) is 4.28. The fourth-order valence-electron chi connectivity index (χ4n) is 4.50. The normalized spacial score (nSPS) is 16.5. The minimum Gasteiger partial charge on any atom is -0.355 e. The maximum atomic E-state index is 14.1. The summed E-state index contributed by atoms with van der Waals surface area (Å²) in [4.78, 5) is 18.8. The number of hydrogen-bond acceptors (Lipinski definition) is 5. The van der Waals surface area contributed by atoms with Crippen molar-refractivity contribution in [3.8, 4) is 5.69 Å². The minimum absolute atomic E-state index is 0.0764. The van der Waals surface area contributed by atoms with E-state index in [1.165, 1.54) is 4.31 Å². The molecular formula is C28H28N4O3S. The second-order valence-corrected chi connectivity index (χ2v) is 10.7. The molecule has 1 aromatic heterocycles. The Morgan fingerprint density at radius 2 is 1.50 bits per heavy atom. The van der Waals surface area contributed by atoms with Crippen molar-refractivity contribution >= 4 is 27.6 Å². The smallest absolute Gasteiger partial charge is 0.251 e. The molecule has 5 rings (SSSR count). The predicted molar refractivity (Wildman–Crippen MR) is 142 cm³/mol. The third-order valence-corrected chi connectivity index (χ3v) is 8.27. The van der Waals surface area contributed by atoms with E-state index in [4.69, 9.17) is 4.98 Å². The van der Waals surface area contributed by atoms with Crippen molar-refractivity contribution in [2.24, 2.45) is 0 Å². The summed E-state index contributed by atoms with van der Waals surface area (Å²) in [5.41, 5.74) is 2.25. The van der Waals surface area contributed by atoms with E-state index >= 15 is 0 Å². The number of sulfonamides is 1. The number of benzene rings is 3. The van der Waals surface area contributed by atoms with Crippen molar-refractivity contribution < 1.29 is 13.2 Å². The SMILES string of the molecule is CCCCNc1nc2c(n1-c1ccccc1)C(=O)C(c1ccccc1)S(=O)(=O)N2Cc1ccccc1. The average molecular weight is 501 g/mol. The van der Waals surface area contributed by atoms with E-state index in [1.807, 2.05) is 60.7 Å². The summed E-state index contributed by atoms with van der Waals surface area (Å²) in [6, 6.07) is 27.5. The van der Waals surface area contributed by atoms with Gasteiger partial charge in [0.25, 0.3) is 10.0 Å². The van der Waals surface area contributed by atoms with Crippen LogP contribution in [-0.4, -0.2) is 30.3 Å². The number of carbonyl (C=O) groups excluding carboxylic acids is 1. The van der Waals surface area contributed by atoms with Crippen molar-refractivity contribution in [2.45, 2.75) is 31.6 Å². The molecular weight excluding hydrogens is 472 g/mol. The van der Waals surface area contributed by atoms with Crippen LogP contribution < -0.4 is 9.62 Å². The van der Waals surface area contributed by atoms with Crippen molar-refractivity contribution in [2.75, 3.05) is 16.2 Å². The van der Waals surface area contributed by atoms with Gasteiger partial charge < -0.3 is 5.32 Å². The molecule has 36 heavy (non-hydrogen) atoms. The second-order valence-electron chi connectivity index (χ2n) is 8.75. The topological polar surface area (TPSA) is 84.3 Å². The number of Topliss-reactive ketones (excluding diaryl/α,β-unsaturated/α-hetero) is 1. The molecule has 1 aliphatic rings. The lowest BCUT2D eigenvalue weighted by Gasteiger charge is -2.32. The molecule has 7 nitrogen and oxygen atoms in total. The highest BCUT2D eigenvalue weighted by molar-refractivity contribution is 7.93. The van der Waals surface area contributed by atoms with Crippen LogP contribution in [0, 0.1) is 0 Å². The lowest BCUT2D eigenvalue weighted by molar-refractivity contribution is 0.0978. The van der Waals surface area contributed by atoms with Crippen LogP contribution in [0.1, 0.15) is 46.6 Å². The van der Waals surface area contributed by atoms with Gasteiger partial charge in [0, 0.05) is 12.2 Å². The highest BCUT2D eigenvalue weighted by atomic mass is 32.2. The maximum Gasteiger partial charge on any atom is 0.251 e. The predicted octanol–water partition coefficient (Wildman–Crippen LogP) is 5.36. The Balaban J connectivity index is 1.75. The Kier molecular flexibility index (Phi) is 6.61. The fraction of sp³-hybridized carbons (Fsp3) is 0.214. The number of imidazole rings is 1. The maximum absolute atomic E-state index is 14.1. The number of carbonyl (C=O) groups is 1. The molecule has 0 amide bonds. The standard InChI is InChI=1S/C28H28N4O3S/c1-2-3-19-29-28-30-27-24(32(28)23-17-11-6-12-18-23)25(33)26(22-15-9-5-10-16-22)36(34,35)31(27)20-21-13-7-4-8-14-21/h4-18,26H,2-3,19-20H2,1H3,(H,29,30). The molecule has 0 radical (unpaired) electrons. The number of rotatable bonds is 8. The van der Waals surface area contributed by atoms with E-state index in [1.54, 1.807) is 34.9 Å². The molecule has 0 saturated carbocycles. The number of fused-ring (bicyclic) bond motifs is 1. The Morgan fingerprint density at radius 3 is 2.14 bits per heavy atom. The molecule has 3 aromatic carbocycles. The number of nitrogens with zero attached hydrogens (tertiary/aromatic N) is 3. The third-order valence-electron chi connectivity index (χ3n) is 6.27. The van der Waals surface area contributed by atoms with Crippen molar-refractivity contribution in [3.63, 3.8) is 0 Å². The molecule has 0 saturated heterocycles. The number of para-hydroxylation sites is 1. The van der Waals surface area contributed by atoms with Crippen molar-refractivity contribution in [1.29, 1.82) is 0 Å². The summed E-state index contributed by atoms with van der Waals surface area (Å²) < 4.78 is 31.1. The first-order chi connectivity index (χ1) is 17.5. The number of aromatic nitrogens is 2. The summed E-state index contributed by atoms with van der Waals surface area (Å²) in [5.74, 6) is 0.120. The van der Waals surface area contributed by atoms with Gasteiger partial charge in [-0.3, -0.25) is 9.36 Å². The Hall–Kier alpha value is -3.91. The first-order valence-corrected chi connectivity index (χ1v) is 13.6. The number of unbranched alkanes of at least 4 members (excludes halogenated alkanes) is 1. The Labute approximate surface area is 211 Å². The van der Waals surface area contributed by atoms with Crippen molar-refractivity contribution in [1.82, 2.24) is 9.55 Å². The van der Waals surface area contributed by atoms with Crippen molar-refractivity contribution in [3.05, 3.63) is 108 Å². The lowest BCUT2D eigenvalue weighted by atomic mass is 10.1. The van der Waals surface area contributed by atoms with E-state index in [9.17, 15) is 13.2 Å². The molecule has 8 heteroatoms. The van der Waals surface area contributed by atoms with Crippen LogP contribution in [0.3, 0.4) is 0 Å². The van der Waals surface area contributed by atoms with E-state index in [0.29, 0.717) is 18.1 Å². The van der Waals surface area contributed by atoms with Gasteiger partial charge in [-0.15, -0.1) is 0 Å². The summed E-state index contributed by atoms with van der Waals surface area (Å²) in [7, 11) is -4.11. The highest BCUT2D eigenvalue weighted by Crippen LogP contribution is 2.43. The van der Waals surface area contributed by atoms with E-state index < -0.39 is 21.1 Å². The van der Waals surface area contributed by atoms with Gasteiger partial charge >= 0.3 is 0 Å². The van der Waals surface area contributed by atoms with Gasteiger partial charge in [-0.05, 0) is 29.7 Å². The van der Waals surface area contributed by atoms with E-state index in [-0.39, 0.29) is 18.1 Å². The largest absolute Gasteiger partial charge is 0.355 e. The molecule has 0 spiro atoms. The first-order valence-electron chi connectivity index (χ1n) is 12.1. The lowest BCUT2D eigenvalue weighted by Crippen LogP contribution is -2.43. The van der Waals surface area contributed by atoms with Gasteiger partial charge in [0.05, 0.1) is 6.54 Å². The minimum atomic E-state index is -4.11. The van der Waals surface area contributed by atoms with Crippen LogP contribution in [0.25, 0.3) is 5.69 Å². The quantitative estimate of drug-likeness (QED) is 0.329. The molecule has 1 aliphatic heterocycles. The van der Waals surface area contributed by atoms with Crippen LogP contribution in [0.15, 0.2) is 91.0 Å². The molecule has 1 atom stereocenters. The summed E-state index contributed by atoms with van der Waals surface area (Å²) in [6.45, 7) is 2.83. The molecule has 1 N–H and O–H groups in total. The number of hydrogen-bond donors (Lipinski definition) is 1. The van der Waals surface area contributed by atoms with Gasteiger partial charge in [0.2, 0.25) is 11.7 Å². The molecule has 0 bridgehead atoms. The molecule has 4 aromatic rings. The van der Waals surface area contributed by atoms with Gasteiger partial charge in [-0.2, -0.15) is 4.98 Å². The summed E-state index contributed by atoms with van der Waals surface area (Å²) >= 11 is 0. The number of ketones is 1. The van der Waals surface area contributed by atoms with Crippen LogP contribution >= 0.6 is 0 Å².